The van der Waals surface area contributed by atoms with Crippen molar-refractivity contribution in [3.05, 3.63) is 41.0 Å². The second-order valence-electron chi connectivity index (χ2n) is 3.36. The third-order valence-electron chi connectivity index (χ3n) is 2.17. The highest BCUT2D eigenvalue weighted by Gasteiger charge is 2.35. The molecular formula is C11H9F3N2S. The summed E-state index contributed by atoms with van der Waals surface area (Å²) in [4.78, 5) is 4.03. The Bertz CT molecular complexity index is 505. The third kappa shape index (κ3) is 2.48. The lowest BCUT2D eigenvalue weighted by atomic mass is 10.1. The Morgan fingerprint density at radius 3 is 2.35 bits per heavy atom. The summed E-state index contributed by atoms with van der Waals surface area (Å²) in [6.07, 6.45) is -4.42. The molecule has 0 amide bonds. The van der Waals surface area contributed by atoms with E-state index in [2.05, 4.69) is 4.98 Å². The van der Waals surface area contributed by atoms with Crippen LogP contribution < -0.4 is 5.73 Å². The van der Waals surface area contributed by atoms with Crippen molar-refractivity contribution in [2.24, 2.45) is 5.73 Å². The summed E-state index contributed by atoms with van der Waals surface area (Å²) in [6, 6.07) is 8.82. The molecule has 6 heteroatoms. The van der Waals surface area contributed by atoms with Gasteiger partial charge >= 0.3 is 6.18 Å². The average molecular weight is 258 g/mol. The molecule has 0 aliphatic carbocycles. The highest BCUT2D eigenvalue weighted by Crippen LogP contribution is 2.38. The Morgan fingerprint density at radius 1 is 1.18 bits per heavy atom. The third-order valence-corrected chi connectivity index (χ3v) is 3.36. The van der Waals surface area contributed by atoms with E-state index in [0.29, 0.717) is 21.8 Å². The molecule has 0 saturated carbocycles. The largest absolute Gasteiger partial charge is 0.443 e. The Morgan fingerprint density at radius 2 is 1.82 bits per heavy atom. The fraction of sp³-hybridized carbons (Fsp3) is 0.182. The second kappa shape index (κ2) is 4.46. The molecule has 2 aromatic rings. The molecule has 0 fully saturated rings. The molecule has 2 rings (SSSR count). The summed E-state index contributed by atoms with van der Waals surface area (Å²) >= 11 is 0.628. The van der Waals surface area contributed by atoms with Gasteiger partial charge in [-0.25, -0.2) is 4.98 Å². The monoisotopic (exact) mass is 258 g/mol. The fourth-order valence-corrected chi connectivity index (χ4v) is 2.39. The van der Waals surface area contributed by atoms with Gasteiger partial charge in [0.25, 0.3) is 0 Å². The number of rotatable bonds is 2. The first-order valence-electron chi connectivity index (χ1n) is 4.84. The van der Waals surface area contributed by atoms with Crippen LogP contribution in [0.5, 0.6) is 0 Å². The van der Waals surface area contributed by atoms with Crippen molar-refractivity contribution in [3.8, 4) is 10.4 Å². The Kier molecular flexibility index (Phi) is 3.17. The van der Waals surface area contributed by atoms with Gasteiger partial charge in [-0.2, -0.15) is 13.2 Å². The molecule has 1 heterocycles. The van der Waals surface area contributed by atoms with Crippen LogP contribution >= 0.6 is 11.3 Å². The van der Waals surface area contributed by atoms with Gasteiger partial charge in [-0.1, -0.05) is 30.3 Å². The fourth-order valence-electron chi connectivity index (χ4n) is 1.43. The molecule has 0 aliphatic rings. The summed E-state index contributed by atoms with van der Waals surface area (Å²) < 4.78 is 37.6. The zero-order valence-electron chi connectivity index (χ0n) is 8.66. The van der Waals surface area contributed by atoms with Crippen LogP contribution in [-0.4, -0.2) is 4.98 Å². The lowest BCUT2D eigenvalue weighted by Gasteiger charge is -1.99. The molecule has 2 N–H and O–H groups in total. The Balaban J connectivity index is 2.51. The number of hydrogen-bond acceptors (Lipinski definition) is 3. The summed E-state index contributed by atoms with van der Waals surface area (Å²) in [6.45, 7) is -0.00317. The topological polar surface area (TPSA) is 38.9 Å². The maximum Gasteiger partial charge on any atom is 0.443 e. The van der Waals surface area contributed by atoms with E-state index >= 15 is 0 Å². The van der Waals surface area contributed by atoms with Crippen LogP contribution in [0.2, 0.25) is 0 Å². The van der Waals surface area contributed by atoms with E-state index in [0.717, 1.165) is 0 Å². The summed E-state index contributed by atoms with van der Waals surface area (Å²) in [5.74, 6) is 0. The van der Waals surface area contributed by atoms with Gasteiger partial charge in [0.2, 0.25) is 0 Å². The first-order valence-corrected chi connectivity index (χ1v) is 5.66. The van der Waals surface area contributed by atoms with Crippen LogP contribution in [0, 0.1) is 0 Å². The standard InChI is InChI=1S/C11H9F3N2S/c12-11(13,14)10-16-8(6-15)9(17-10)7-4-2-1-3-5-7/h1-5H,6,15H2. The molecule has 0 saturated heterocycles. The van der Waals surface area contributed by atoms with Gasteiger partial charge in [-0.15, -0.1) is 11.3 Å². The molecule has 1 aromatic heterocycles. The second-order valence-corrected chi connectivity index (χ2v) is 4.36. The van der Waals surface area contributed by atoms with Crippen LogP contribution in [0.1, 0.15) is 10.7 Å². The van der Waals surface area contributed by atoms with E-state index in [-0.39, 0.29) is 12.2 Å². The summed E-state index contributed by atoms with van der Waals surface area (Å²) in [7, 11) is 0. The van der Waals surface area contributed by atoms with Crippen molar-refractivity contribution >= 4 is 11.3 Å². The molecule has 0 spiro atoms. The van der Waals surface area contributed by atoms with Crippen LogP contribution in [0.4, 0.5) is 13.2 Å². The van der Waals surface area contributed by atoms with Crippen molar-refractivity contribution < 1.29 is 13.2 Å². The molecule has 0 atom stereocenters. The van der Waals surface area contributed by atoms with Crippen LogP contribution in [-0.2, 0) is 12.7 Å². The van der Waals surface area contributed by atoms with Gasteiger partial charge < -0.3 is 5.73 Å². The number of nitrogens with two attached hydrogens (primary N) is 1. The number of nitrogens with zero attached hydrogens (tertiary/aromatic N) is 1. The van der Waals surface area contributed by atoms with Gasteiger partial charge in [-0.3, -0.25) is 0 Å². The first kappa shape index (κ1) is 12.1. The maximum absolute atomic E-state index is 12.5. The SMILES string of the molecule is NCc1nc(C(F)(F)F)sc1-c1ccccc1. The van der Waals surface area contributed by atoms with Crippen molar-refractivity contribution in [3.63, 3.8) is 0 Å². The van der Waals surface area contributed by atoms with Crippen LogP contribution in [0.25, 0.3) is 10.4 Å². The minimum atomic E-state index is -4.42. The predicted octanol–water partition coefficient (Wildman–Crippen LogP) is 3.29. The van der Waals surface area contributed by atoms with Crippen molar-refractivity contribution in [1.29, 1.82) is 0 Å². The molecule has 1 aromatic carbocycles. The smallest absolute Gasteiger partial charge is 0.325 e. The summed E-state index contributed by atoms with van der Waals surface area (Å²) in [5.41, 5.74) is 6.42. The minimum Gasteiger partial charge on any atom is -0.325 e. The van der Waals surface area contributed by atoms with E-state index in [9.17, 15) is 13.2 Å². The highest BCUT2D eigenvalue weighted by atomic mass is 32.1. The van der Waals surface area contributed by atoms with Gasteiger partial charge in [-0.05, 0) is 5.56 Å². The van der Waals surface area contributed by atoms with Gasteiger partial charge in [0.15, 0.2) is 5.01 Å². The van der Waals surface area contributed by atoms with E-state index in [1.807, 2.05) is 0 Å². The molecular weight excluding hydrogens is 249 g/mol. The molecule has 0 bridgehead atoms. The van der Waals surface area contributed by atoms with E-state index in [4.69, 9.17) is 5.73 Å². The molecule has 2 nitrogen and oxygen atoms in total. The number of thiazole rings is 1. The Hall–Kier alpha value is -1.40. The van der Waals surface area contributed by atoms with Crippen molar-refractivity contribution in [1.82, 2.24) is 4.98 Å². The van der Waals surface area contributed by atoms with E-state index < -0.39 is 11.2 Å². The van der Waals surface area contributed by atoms with E-state index in [1.165, 1.54) is 0 Å². The summed E-state index contributed by atoms with van der Waals surface area (Å²) in [5, 5.41) is -0.850. The zero-order valence-corrected chi connectivity index (χ0v) is 9.48. The first-order chi connectivity index (χ1) is 8.02. The van der Waals surface area contributed by atoms with Crippen molar-refractivity contribution in [2.45, 2.75) is 12.7 Å². The number of alkyl halides is 3. The van der Waals surface area contributed by atoms with Crippen LogP contribution in [0.3, 0.4) is 0 Å². The normalized spacial score (nSPS) is 11.8. The molecule has 0 radical (unpaired) electrons. The number of aromatic nitrogens is 1. The maximum atomic E-state index is 12.5. The molecule has 90 valence electrons. The van der Waals surface area contributed by atoms with E-state index in [1.54, 1.807) is 30.3 Å². The molecule has 17 heavy (non-hydrogen) atoms. The predicted molar refractivity (Wildman–Crippen MR) is 60.4 cm³/mol. The van der Waals surface area contributed by atoms with Crippen molar-refractivity contribution in [2.75, 3.05) is 0 Å². The Labute approximate surface area is 99.9 Å². The molecule has 0 unspecified atom stereocenters. The average Bonchev–Trinajstić information content (AvgIpc) is 2.73. The quantitative estimate of drug-likeness (QED) is 0.897. The zero-order chi connectivity index (χ0) is 12.5. The number of hydrogen-bond donors (Lipinski definition) is 1. The van der Waals surface area contributed by atoms with Gasteiger partial charge in [0.1, 0.15) is 0 Å². The minimum absolute atomic E-state index is 0.00317. The van der Waals surface area contributed by atoms with Gasteiger partial charge in [0.05, 0.1) is 10.6 Å². The lowest BCUT2D eigenvalue weighted by Crippen LogP contribution is -2.05. The van der Waals surface area contributed by atoms with Gasteiger partial charge in [0, 0.05) is 6.54 Å². The van der Waals surface area contributed by atoms with Crippen LogP contribution in [0.15, 0.2) is 30.3 Å². The lowest BCUT2D eigenvalue weighted by molar-refractivity contribution is -0.137. The highest BCUT2D eigenvalue weighted by molar-refractivity contribution is 7.15. The number of halogens is 3. The number of benzene rings is 1. The molecule has 0 aliphatic heterocycles.